The largest absolute Gasteiger partial charge is 0.368 e. The van der Waals surface area contributed by atoms with Crippen LogP contribution in [0, 0.1) is 0 Å². The Balaban J connectivity index is 0.00000161. The van der Waals surface area contributed by atoms with Gasteiger partial charge in [-0.15, -0.1) is 23.7 Å². The minimum absolute atomic E-state index is 0. The third kappa shape index (κ3) is 3.31. The van der Waals surface area contributed by atoms with Crippen LogP contribution in [0.4, 0.5) is 5.69 Å². The Morgan fingerprint density at radius 2 is 2.10 bits per heavy atom. The number of amides is 1. The van der Waals surface area contributed by atoms with Crippen LogP contribution in [-0.4, -0.2) is 42.1 Å². The molecule has 3 heterocycles. The van der Waals surface area contributed by atoms with Gasteiger partial charge in [0.25, 0.3) is 5.91 Å². The third-order valence-electron chi connectivity index (χ3n) is 3.25. The third-order valence-corrected chi connectivity index (χ3v) is 4.06. The van der Waals surface area contributed by atoms with Gasteiger partial charge in [-0.25, -0.2) is 9.97 Å². The van der Waals surface area contributed by atoms with Crippen LogP contribution in [0.5, 0.6) is 0 Å². The van der Waals surface area contributed by atoms with Crippen LogP contribution in [0.3, 0.4) is 0 Å². The summed E-state index contributed by atoms with van der Waals surface area (Å²) in [6.45, 7) is 3.75. The molecule has 0 saturated carbocycles. The molecule has 6 nitrogen and oxygen atoms in total. The molecule has 3 rings (SSSR count). The van der Waals surface area contributed by atoms with Gasteiger partial charge in [0.1, 0.15) is 10.7 Å². The molecule has 0 aliphatic carbocycles. The van der Waals surface area contributed by atoms with E-state index in [9.17, 15) is 4.79 Å². The molecule has 2 aromatic rings. The second kappa shape index (κ2) is 6.84. The summed E-state index contributed by atoms with van der Waals surface area (Å²) in [4.78, 5) is 22.3. The van der Waals surface area contributed by atoms with E-state index in [-0.39, 0.29) is 18.1 Å². The molecular formula is C13H16ClN5OS. The van der Waals surface area contributed by atoms with Crippen molar-refractivity contribution in [3.8, 4) is 10.6 Å². The lowest BCUT2D eigenvalue weighted by Gasteiger charge is -2.29. The number of halogens is 1. The van der Waals surface area contributed by atoms with E-state index < -0.39 is 5.91 Å². The molecule has 0 atom stereocenters. The molecule has 3 N–H and O–H groups in total. The zero-order valence-electron chi connectivity index (χ0n) is 11.3. The Morgan fingerprint density at radius 1 is 1.33 bits per heavy atom. The fraction of sp³-hybridized carbons (Fsp3) is 0.308. The van der Waals surface area contributed by atoms with E-state index in [0.29, 0.717) is 5.56 Å². The van der Waals surface area contributed by atoms with Gasteiger partial charge < -0.3 is 16.0 Å². The second-order valence-electron chi connectivity index (χ2n) is 4.53. The smallest absolute Gasteiger partial charge is 0.268 e. The zero-order chi connectivity index (χ0) is 13.9. The SMILES string of the molecule is Cl.NC(=O)c1ncc(N2CCNCC2)cc1-c1nccs1. The number of carbonyl (C=O) groups excluding carboxylic acids is 1. The maximum absolute atomic E-state index is 11.5. The molecule has 0 radical (unpaired) electrons. The topological polar surface area (TPSA) is 84.1 Å². The number of hydrogen-bond donors (Lipinski definition) is 2. The van der Waals surface area contributed by atoms with Crippen molar-refractivity contribution in [3.05, 3.63) is 29.5 Å². The molecule has 8 heteroatoms. The normalized spacial score (nSPS) is 14.6. The number of primary amides is 1. The number of nitrogens with zero attached hydrogens (tertiary/aromatic N) is 3. The molecular weight excluding hydrogens is 310 g/mol. The van der Waals surface area contributed by atoms with Crippen LogP contribution in [0.2, 0.25) is 0 Å². The first-order valence-corrected chi connectivity index (χ1v) is 7.29. The lowest BCUT2D eigenvalue weighted by Crippen LogP contribution is -2.43. The maximum atomic E-state index is 11.5. The summed E-state index contributed by atoms with van der Waals surface area (Å²) in [5.74, 6) is -0.526. The van der Waals surface area contributed by atoms with E-state index >= 15 is 0 Å². The standard InChI is InChI=1S/C13H15N5OS.ClH/c14-12(19)11-10(13-16-3-6-20-13)7-9(8-17-11)18-4-1-15-2-5-18;/h3,6-8,15H,1-2,4-5H2,(H2,14,19);1H. The average Bonchev–Trinajstić information content (AvgIpc) is 3.01. The highest BCUT2D eigenvalue weighted by Gasteiger charge is 2.18. The molecule has 1 aliphatic rings. The molecule has 0 unspecified atom stereocenters. The van der Waals surface area contributed by atoms with E-state index in [1.165, 1.54) is 11.3 Å². The highest BCUT2D eigenvalue weighted by atomic mass is 35.5. The second-order valence-corrected chi connectivity index (χ2v) is 5.42. The van der Waals surface area contributed by atoms with Crippen molar-refractivity contribution in [1.29, 1.82) is 0 Å². The first-order chi connectivity index (χ1) is 9.75. The van der Waals surface area contributed by atoms with Crippen LogP contribution in [-0.2, 0) is 0 Å². The fourth-order valence-electron chi connectivity index (χ4n) is 2.27. The van der Waals surface area contributed by atoms with Crippen molar-refractivity contribution in [3.63, 3.8) is 0 Å². The van der Waals surface area contributed by atoms with Crippen LogP contribution in [0.25, 0.3) is 10.6 Å². The van der Waals surface area contributed by atoms with Gasteiger partial charge in [0, 0.05) is 43.3 Å². The highest BCUT2D eigenvalue weighted by molar-refractivity contribution is 7.13. The van der Waals surface area contributed by atoms with Crippen LogP contribution < -0.4 is 16.0 Å². The number of rotatable bonds is 3. The van der Waals surface area contributed by atoms with Gasteiger partial charge in [-0.3, -0.25) is 4.79 Å². The summed E-state index contributed by atoms with van der Waals surface area (Å²) >= 11 is 1.47. The first-order valence-electron chi connectivity index (χ1n) is 6.41. The van der Waals surface area contributed by atoms with Crippen molar-refractivity contribution < 1.29 is 4.79 Å². The Labute approximate surface area is 132 Å². The molecule has 2 aromatic heterocycles. The number of nitrogens with one attached hydrogen (secondary N) is 1. The summed E-state index contributed by atoms with van der Waals surface area (Å²) in [6, 6.07) is 1.96. The van der Waals surface area contributed by atoms with E-state index in [4.69, 9.17) is 5.73 Å². The van der Waals surface area contributed by atoms with Gasteiger partial charge in [0.2, 0.25) is 0 Å². The van der Waals surface area contributed by atoms with Crippen LogP contribution in [0.15, 0.2) is 23.8 Å². The Morgan fingerprint density at radius 3 is 2.71 bits per heavy atom. The molecule has 0 bridgehead atoms. The lowest BCUT2D eigenvalue weighted by molar-refractivity contribution is 0.0996. The minimum Gasteiger partial charge on any atom is -0.368 e. The van der Waals surface area contributed by atoms with Gasteiger partial charge in [-0.2, -0.15) is 0 Å². The van der Waals surface area contributed by atoms with E-state index in [1.54, 1.807) is 12.4 Å². The van der Waals surface area contributed by atoms with Crippen molar-refractivity contribution >= 4 is 35.3 Å². The van der Waals surface area contributed by atoms with Crippen LogP contribution in [0.1, 0.15) is 10.5 Å². The predicted octanol–water partition coefficient (Wildman–Crippen LogP) is 1.14. The summed E-state index contributed by atoms with van der Waals surface area (Å²) in [7, 11) is 0. The molecule has 21 heavy (non-hydrogen) atoms. The Kier molecular flexibility index (Phi) is 5.11. The zero-order valence-corrected chi connectivity index (χ0v) is 12.9. The van der Waals surface area contributed by atoms with Gasteiger partial charge in [-0.1, -0.05) is 0 Å². The van der Waals surface area contributed by atoms with Crippen molar-refractivity contribution in [2.24, 2.45) is 5.73 Å². The number of aromatic nitrogens is 2. The molecule has 1 aliphatic heterocycles. The lowest BCUT2D eigenvalue weighted by atomic mass is 10.1. The number of piperazine rings is 1. The van der Waals surface area contributed by atoms with Crippen molar-refractivity contribution in [2.45, 2.75) is 0 Å². The summed E-state index contributed by atoms with van der Waals surface area (Å²) in [6.07, 6.45) is 3.42. The van der Waals surface area contributed by atoms with Crippen molar-refractivity contribution in [2.75, 3.05) is 31.1 Å². The summed E-state index contributed by atoms with van der Waals surface area (Å²) < 4.78 is 0. The number of pyridine rings is 1. The van der Waals surface area contributed by atoms with Gasteiger partial charge in [-0.05, 0) is 6.07 Å². The molecule has 0 spiro atoms. The van der Waals surface area contributed by atoms with Gasteiger partial charge >= 0.3 is 0 Å². The Bertz CT molecular complexity index is 613. The van der Waals surface area contributed by atoms with Crippen LogP contribution >= 0.6 is 23.7 Å². The number of hydrogen-bond acceptors (Lipinski definition) is 6. The molecule has 1 saturated heterocycles. The van der Waals surface area contributed by atoms with Gasteiger partial charge in [0.05, 0.1) is 11.9 Å². The average molecular weight is 326 g/mol. The molecule has 1 amide bonds. The quantitative estimate of drug-likeness (QED) is 0.884. The number of nitrogens with two attached hydrogens (primary N) is 1. The Hall–Kier alpha value is -1.70. The first kappa shape index (κ1) is 15.7. The van der Waals surface area contributed by atoms with E-state index in [2.05, 4.69) is 20.2 Å². The molecule has 0 aromatic carbocycles. The number of thiazole rings is 1. The maximum Gasteiger partial charge on any atom is 0.268 e. The molecule has 112 valence electrons. The fourth-order valence-corrected chi connectivity index (χ4v) is 2.92. The number of carbonyl (C=O) groups is 1. The predicted molar refractivity (Wildman–Crippen MR) is 86.2 cm³/mol. The van der Waals surface area contributed by atoms with Crippen molar-refractivity contribution in [1.82, 2.24) is 15.3 Å². The minimum atomic E-state index is -0.526. The number of anilines is 1. The van der Waals surface area contributed by atoms with Gasteiger partial charge in [0.15, 0.2) is 0 Å². The summed E-state index contributed by atoms with van der Waals surface area (Å²) in [5, 5.41) is 5.95. The monoisotopic (exact) mass is 325 g/mol. The highest BCUT2D eigenvalue weighted by Crippen LogP contribution is 2.28. The van der Waals surface area contributed by atoms with E-state index in [1.807, 2.05) is 11.4 Å². The summed E-state index contributed by atoms with van der Waals surface area (Å²) in [5.41, 5.74) is 7.39. The molecule has 1 fully saturated rings. The van der Waals surface area contributed by atoms with E-state index in [0.717, 1.165) is 36.9 Å².